The van der Waals surface area contributed by atoms with Crippen LogP contribution in [0.4, 0.5) is 0 Å². The molecule has 4 aliphatic rings. The lowest BCUT2D eigenvalue weighted by Crippen LogP contribution is -2.58. The van der Waals surface area contributed by atoms with Crippen LogP contribution in [0, 0.1) is 5.92 Å². The number of amides is 2. The summed E-state index contributed by atoms with van der Waals surface area (Å²) in [4.78, 5) is 30.6. The number of carbonyl (C=O) groups excluding carboxylic acids is 2. The lowest BCUT2D eigenvalue weighted by Gasteiger charge is -2.41. The molecule has 2 aliphatic heterocycles. The molecule has 0 radical (unpaired) electrons. The summed E-state index contributed by atoms with van der Waals surface area (Å²) in [6, 6.07) is 10.2. The average molecular weight is 368 g/mol. The van der Waals surface area contributed by atoms with E-state index in [1.54, 1.807) is 0 Å². The minimum absolute atomic E-state index is 0.201. The number of hydrogen-bond donors (Lipinski definition) is 0. The van der Waals surface area contributed by atoms with Crippen molar-refractivity contribution in [1.29, 1.82) is 0 Å². The summed E-state index contributed by atoms with van der Waals surface area (Å²) in [5.74, 6) is 1.06. The van der Waals surface area contributed by atoms with Crippen LogP contribution in [0.2, 0.25) is 0 Å². The van der Waals surface area contributed by atoms with Crippen LogP contribution in [0.1, 0.15) is 44.1 Å². The van der Waals surface area contributed by atoms with Crippen LogP contribution in [0.5, 0.6) is 0 Å². The van der Waals surface area contributed by atoms with Crippen LogP contribution in [-0.2, 0) is 19.7 Å². The summed E-state index contributed by atoms with van der Waals surface area (Å²) >= 11 is 0. The van der Waals surface area contributed by atoms with Crippen LogP contribution in [0.15, 0.2) is 30.3 Å². The third-order valence-corrected chi connectivity index (χ3v) is 6.95. The molecule has 0 bridgehead atoms. The van der Waals surface area contributed by atoms with Crippen LogP contribution in [-0.4, -0.2) is 60.0 Å². The highest BCUT2D eigenvalue weighted by atomic mass is 16.5. The van der Waals surface area contributed by atoms with Crippen molar-refractivity contribution >= 4 is 11.8 Å². The van der Waals surface area contributed by atoms with Gasteiger partial charge in [0.25, 0.3) is 0 Å². The third-order valence-electron chi connectivity index (χ3n) is 6.95. The maximum Gasteiger partial charge on any atom is 0.233 e. The van der Waals surface area contributed by atoms with E-state index in [4.69, 9.17) is 4.74 Å². The van der Waals surface area contributed by atoms with Crippen LogP contribution >= 0.6 is 0 Å². The van der Waals surface area contributed by atoms with Crippen molar-refractivity contribution in [3.05, 3.63) is 35.9 Å². The van der Waals surface area contributed by atoms with Gasteiger partial charge < -0.3 is 14.5 Å². The van der Waals surface area contributed by atoms with E-state index in [0.29, 0.717) is 38.6 Å². The first-order chi connectivity index (χ1) is 13.1. The molecule has 144 valence electrons. The molecule has 1 unspecified atom stereocenters. The van der Waals surface area contributed by atoms with Crippen LogP contribution in [0.3, 0.4) is 0 Å². The fourth-order valence-electron chi connectivity index (χ4n) is 4.92. The highest BCUT2D eigenvalue weighted by Crippen LogP contribution is 2.50. The molecular weight excluding hydrogens is 340 g/mol. The molecule has 2 heterocycles. The zero-order chi connectivity index (χ0) is 18.5. The maximum absolute atomic E-state index is 13.6. The van der Waals surface area contributed by atoms with Gasteiger partial charge in [-0.15, -0.1) is 0 Å². The number of nitrogens with zero attached hydrogens (tertiary/aromatic N) is 2. The minimum atomic E-state index is -0.364. The molecule has 1 atom stereocenters. The summed E-state index contributed by atoms with van der Waals surface area (Å²) in [6.07, 6.45) is 5.55. The van der Waals surface area contributed by atoms with E-state index in [1.165, 1.54) is 12.8 Å². The molecule has 2 saturated heterocycles. The number of carbonyl (C=O) groups is 2. The molecule has 2 amide bonds. The van der Waals surface area contributed by atoms with Gasteiger partial charge in [-0.3, -0.25) is 9.59 Å². The summed E-state index contributed by atoms with van der Waals surface area (Å²) in [5, 5.41) is 0. The lowest BCUT2D eigenvalue weighted by molar-refractivity contribution is -0.138. The molecule has 2 saturated carbocycles. The molecule has 4 fully saturated rings. The Morgan fingerprint density at radius 2 is 1.93 bits per heavy atom. The summed E-state index contributed by atoms with van der Waals surface area (Å²) in [5.41, 5.74) is 0.437. The van der Waals surface area contributed by atoms with Gasteiger partial charge in [0.1, 0.15) is 0 Å². The Labute approximate surface area is 160 Å². The Morgan fingerprint density at radius 1 is 1.15 bits per heavy atom. The Bertz CT molecular complexity index is 733. The van der Waals surface area contributed by atoms with E-state index < -0.39 is 0 Å². The van der Waals surface area contributed by atoms with Gasteiger partial charge in [-0.25, -0.2) is 0 Å². The summed E-state index contributed by atoms with van der Waals surface area (Å²) < 4.78 is 5.76. The number of hydrogen-bond acceptors (Lipinski definition) is 3. The molecule has 0 aromatic heterocycles. The van der Waals surface area contributed by atoms with Crippen molar-refractivity contribution in [2.24, 2.45) is 5.92 Å². The molecule has 5 rings (SSSR count). The molecule has 5 nitrogen and oxygen atoms in total. The normalized spacial score (nSPS) is 29.9. The number of rotatable bonds is 4. The molecule has 1 aromatic rings. The number of benzene rings is 1. The Kier molecular flexibility index (Phi) is 4.04. The van der Waals surface area contributed by atoms with Crippen molar-refractivity contribution in [3.63, 3.8) is 0 Å². The van der Waals surface area contributed by atoms with Crippen molar-refractivity contribution < 1.29 is 14.3 Å². The topological polar surface area (TPSA) is 49.9 Å². The highest BCUT2D eigenvalue weighted by Gasteiger charge is 2.55. The van der Waals surface area contributed by atoms with Gasteiger partial charge in [-0.2, -0.15) is 0 Å². The molecule has 5 heteroatoms. The molecule has 1 aromatic carbocycles. The second-order valence-corrected chi connectivity index (χ2v) is 8.90. The molecule has 2 aliphatic carbocycles. The second kappa shape index (κ2) is 6.33. The SMILES string of the molecule is O=C1CCN(C(=O)C2(c3ccccc3)CC2)CC2(CCOC2)N1CC1CC1. The Balaban J connectivity index is 1.42. The first kappa shape index (κ1) is 17.2. The van der Waals surface area contributed by atoms with Gasteiger partial charge in [0, 0.05) is 32.7 Å². The predicted molar refractivity (Wildman–Crippen MR) is 101 cm³/mol. The van der Waals surface area contributed by atoms with E-state index in [1.807, 2.05) is 23.1 Å². The number of ether oxygens (including phenoxy) is 1. The Hall–Kier alpha value is -1.88. The van der Waals surface area contributed by atoms with Crippen molar-refractivity contribution in [2.45, 2.75) is 49.5 Å². The van der Waals surface area contributed by atoms with Gasteiger partial charge >= 0.3 is 0 Å². The van der Waals surface area contributed by atoms with E-state index in [2.05, 4.69) is 17.0 Å². The van der Waals surface area contributed by atoms with Crippen molar-refractivity contribution in [2.75, 3.05) is 32.8 Å². The first-order valence-electron chi connectivity index (χ1n) is 10.4. The van der Waals surface area contributed by atoms with Crippen LogP contribution < -0.4 is 0 Å². The maximum atomic E-state index is 13.6. The zero-order valence-corrected chi connectivity index (χ0v) is 15.9. The van der Waals surface area contributed by atoms with Crippen molar-refractivity contribution in [3.8, 4) is 0 Å². The zero-order valence-electron chi connectivity index (χ0n) is 15.9. The minimum Gasteiger partial charge on any atom is -0.379 e. The molecule has 1 spiro atoms. The average Bonchev–Trinajstić information content (AvgIpc) is 3.61. The van der Waals surface area contributed by atoms with Gasteiger partial charge in [0.2, 0.25) is 11.8 Å². The fraction of sp³-hybridized carbons (Fsp3) is 0.636. The Morgan fingerprint density at radius 3 is 2.56 bits per heavy atom. The monoisotopic (exact) mass is 368 g/mol. The van der Waals surface area contributed by atoms with Crippen molar-refractivity contribution in [1.82, 2.24) is 9.80 Å². The smallest absolute Gasteiger partial charge is 0.233 e. The van der Waals surface area contributed by atoms with Crippen LogP contribution in [0.25, 0.3) is 0 Å². The van der Waals surface area contributed by atoms with E-state index in [9.17, 15) is 9.59 Å². The predicted octanol–water partition coefficient (Wildman–Crippen LogP) is 2.35. The van der Waals surface area contributed by atoms with Gasteiger partial charge in [-0.05, 0) is 43.6 Å². The first-order valence-corrected chi connectivity index (χ1v) is 10.4. The van der Waals surface area contributed by atoms with Gasteiger partial charge in [-0.1, -0.05) is 30.3 Å². The summed E-state index contributed by atoms with van der Waals surface area (Å²) in [6.45, 7) is 3.25. The standard InChI is InChI=1S/C22H28N2O3/c25-19-8-12-23(20(26)22(9-10-22)18-4-2-1-3-5-18)15-21(11-13-27-16-21)24(19)14-17-6-7-17/h1-5,17H,6-16H2. The van der Waals surface area contributed by atoms with E-state index >= 15 is 0 Å². The largest absolute Gasteiger partial charge is 0.379 e. The van der Waals surface area contributed by atoms with Gasteiger partial charge in [0.05, 0.1) is 17.6 Å². The molecule has 0 N–H and O–H groups in total. The fourth-order valence-corrected chi connectivity index (χ4v) is 4.92. The quantitative estimate of drug-likeness (QED) is 0.820. The highest BCUT2D eigenvalue weighted by molar-refractivity contribution is 5.92. The van der Waals surface area contributed by atoms with E-state index in [-0.39, 0.29) is 22.8 Å². The lowest BCUT2D eigenvalue weighted by atomic mass is 9.91. The third kappa shape index (κ3) is 2.96. The summed E-state index contributed by atoms with van der Waals surface area (Å²) in [7, 11) is 0. The van der Waals surface area contributed by atoms with Gasteiger partial charge in [0.15, 0.2) is 0 Å². The molecule has 27 heavy (non-hydrogen) atoms. The molecular formula is C22H28N2O3. The second-order valence-electron chi connectivity index (χ2n) is 8.90. The van der Waals surface area contributed by atoms with E-state index in [0.717, 1.165) is 31.4 Å².